The van der Waals surface area contributed by atoms with E-state index in [2.05, 4.69) is 70.1 Å². The fraction of sp³-hybridized carbons (Fsp3) is 0.652. The van der Waals surface area contributed by atoms with Gasteiger partial charge in [0.05, 0.1) is 6.54 Å². The van der Waals surface area contributed by atoms with Gasteiger partial charge in [-0.1, -0.05) is 72.4 Å². The molecule has 0 saturated heterocycles. The fourth-order valence-corrected chi connectivity index (χ4v) is 3.78. The molecule has 1 aromatic rings. The molecule has 1 N–H and O–H groups in total. The predicted molar refractivity (Wildman–Crippen MR) is 121 cm³/mol. The second-order valence-corrected chi connectivity index (χ2v) is 9.81. The quantitative estimate of drug-likeness (QED) is 0.628. The summed E-state index contributed by atoms with van der Waals surface area (Å²) >= 11 is 1.59. The SMILES string of the molecule is CCC(Oc1ccc(C(C)(C)CC)cc1C(C)(C)CC)C(=O)NC1=NCCS1. The van der Waals surface area contributed by atoms with Gasteiger partial charge in [-0.05, 0) is 41.7 Å². The van der Waals surface area contributed by atoms with Crippen molar-refractivity contribution >= 4 is 22.8 Å². The number of hydrogen-bond donors (Lipinski definition) is 1. The van der Waals surface area contributed by atoms with Crippen molar-refractivity contribution < 1.29 is 9.53 Å². The number of benzene rings is 1. The van der Waals surface area contributed by atoms with Gasteiger partial charge in [0.1, 0.15) is 5.75 Å². The molecule has 0 saturated carbocycles. The van der Waals surface area contributed by atoms with Crippen LogP contribution in [0.25, 0.3) is 0 Å². The van der Waals surface area contributed by atoms with Crippen molar-refractivity contribution in [1.29, 1.82) is 0 Å². The first-order valence-electron chi connectivity index (χ1n) is 10.4. The summed E-state index contributed by atoms with van der Waals surface area (Å²) in [5.41, 5.74) is 2.56. The summed E-state index contributed by atoms with van der Waals surface area (Å²) in [4.78, 5) is 17.0. The van der Waals surface area contributed by atoms with E-state index in [-0.39, 0.29) is 16.7 Å². The van der Waals surface area contributed by atoms with E-state index in [0.29, 0.717) is 11.6 Å². The van der Waals surface area contributed by atoms with E-state index in [1.54, 1.807) is 11.8 Å². The third-order valence-corrected chi connectivity index (χ3v) is 6.90. The number of rotatable bonds is 8. The minimum Gasteiger partial charge on any atom is -0.480 e. The molecule has 0 aromatic heterocycles. The first kappa shape index (κ1) is 22.8. The van der Waals surface area contributed by atoms with E-state index < -0.39 is 6.10 Å². The van der Waals surface area contributed by atoms with E-state index in [1.165, 1.54) is 11.1 Å². The van der Waals surface area contributed by atoms with Gasteiger partial charge in [-0.3, -0.25) is 9.79 Å². The van der Waals surface area contributed by atoms with Crippen LogP contribution in [-0.2, 0) is 15.6 Å². The Morgan fingerprint density at radius 3 is 2.39 bits per heavy atom. The zero-order valence-electron chi connectivity index (χ0n) is 18.5. The van der Waals surface area contributed by atoms with Crippen molar-refractivity contribution in [3.05, 3.63) is 29.3 Å². The van der Waals surface area contributed by atoms with Gasteiger partial charge in [0, 0.05) is 11.3 Å². The van der Waals surface area contributed by atoms with Crippen molar-refractivity contribution in [2.24, 2.45) is 4.99 Å². The van der Waals surface area contributed by atoms with Gasteiger partial charge in [-0.15, -0.1) is 0 Å². The number of aliphatic imine (C=N–C) groups is 1. The van der Waals surface area contributed by atoms with Crippen LogP contribution in [0.15, 0.2) is 23.2 Å². The monoisotopic (exact) mass is 404 g/mol. The van der Waals surface area contributed by atoms with Crippen LogP contribution in [0.4, 0.5) is 0 Å². The molecule has 1 aliphatic heterocycles. The molecule has 1 aromatic carbocycles. The average Bonchev–Trinajstić information content (AvgIpc) is 3.18. The van der Waals surface area contributed by atoms with Crippen LogP contribution >= 0.6 is 11.8 Å². The van der Waals surface area contributed by atoms with Crippen LogP contribution in [0.3, 0.4) is 0 Å². The molecule has 1 atom stereocenters. The number of carbonyl (C=O) groups excluding carboxylic acids is 1. The Morgan fingerprint density at radius 2 is 1.86 bits per heavy atom. The second kappa shape index (κ2) is 9.34. The highest BCUT2D eigenvalue weighted by molar-refractivity contribution is 8.14. The van der Waals surface area contributed by atoms with Crippen LogP contribution in [0, 0.1) is 0 Å². The number of ether oxygens (including phenoxy) is 1. The summed E-state index contributed by atoms with van der Waals surface area (Å²) in [5, 5.41) is 3.63. The molecule has 2 rings (SSSR count). The van der Waals surface area contributed by atoms with E-state index >= 15 is 0 Å². The highest BCUT2D eigenvalue weighted by Crippen LogP contribution is 2.39. The lowest BCUT2D eigenvalue weighted by Crippen LogP contribution is -2.40. The summed E-state index contributed by atoms with van der Waals surface area (Å²) in [6.07, 6.45) is 2.15. The first-order chi connectivity index (χ1) is 13.1. The molecule has 28 heavy (non-hydrogen) atoms. The summed E-state index contributed by atoms with van der Waals surface area (Å²) < 4.78 is 6.28. The molecule has 1 aliphatic rings. The van der Waals surface area contributed by atoms with Crippen LogP contribution in [0.2, 0.25) is 0 Å². The van der Waals surface area contributed by atoms with Crippen molar-refractivity contribution in [3.8, 4) is 5.75 Å². The topological polar surface area (TPSA) is 50.7 Å². The maximum Gasteiger partial charge on any atom is 0.266 e. The molecule has 0 aliphatic carbocycles. The maximum absolute atomic E-state index is 12.7. The Kier molecular flexibility index (Phi) is 7.60. The Morgan fingerprint density at radius 1 is 1.18 bits per heavy atom. The summed E-state index contributed by atoms with van der Waals surface area (Å²) in [6, 6.07) is 6.48. The predicted octanol–water partition coefficient (Wildman–Crippen LogP) is 5.44. The fourth-order valence-electron chi connectivity index (χ4n) is 3.05. The lowest BCUT2D eigenvalue weighted by molar-refractivity contribution is -0.126. The molecule has 5 heteroatoms. The van der Waals surface area contributed by atoms with Crippen molar-refractivity contribution in [1.82, 2.24) is 5.32 Å². The second-order valence-electron chi connectivity index (χ2n) is 8.73. The van der Waals surface area contributed by atoms with Crippen LogP contribution in [0.1, 0.15) is 78.9 Å². The minimum absolute atomic E-state index is 0.0324. The van der Waals surface area contributed by atoms with Crippen LogP contribution < -0.4 is 10.1 Å². The Bertz CT molecular complexity index is 725. The summed E-state index contributed by atoms with van der Waals surface area (Å²) in [5.74, 6) is 1.62. The lowest BCUT2D eigenvalue weighted by Gasteiger charge is -2.31. The minimum atomic E-state index is -0.527. The number of hydrogen-bond acceptors (Lipinski definition) is 4. The number of amides is 1. The number of amidine groups is 1. The van der Waals surface area contributed by atoms with E-state index in [1.807, 2.05) is 6.92 Å². The van der Waals surface area contributed by atoms with Crippen LogP contribution in [0.5, 0.6) is 5.75 Å². The van der Waals surface area contributed by atoms with E-state index in [9.17, 15) is 4.79 Å². The van der Waals surface area contributed by atoms with Crippen molar-refractivity contribution in [2.45, 2.75) is 84.7 Å². The zero-order valence-corrected chi connectivity index (χ0v) is 19.3. The molecule has 1 heterocycles. The van der Waals surface area contributed by atoms with E-state index in [4.69, 9.17) is 4.74 Å². The maximum atomic E-state index is 12.7. The highest BCUT2D eigenvalue weighted by Gasteiger charge is 2.29. The number of thioether (sulfide) groups is 1. The Balaban J connectivity index is 2.32. The molecule has 0 radical (unpaired) electrons. The number of carbonyl (C=O) groups is 1. The normalized spacial score (nSPS) is 15.9. The first-order valence-corrected chi connectivity index (χ1v) is 11.4. The molecule has 1 amide bonds. The lowest BCUT2D eigenvalue weighted by atomic mass is 9.76. The molecular weight excluding hydrogens is 368 g/mol. The molecule has 0 fully saturated rings. The van der Waals surface area contributed by atoms with Gasteiger partial charge in [0.15, 0.2) is 11.3 Å². The average molecular weight is 405 g/mol. The van der Waals surface area contributed by atoms with Gasteiger partial charge in [0.25, 0.3) is 5.91 Å². The number of nitrogens with zero attached hydrogens (tertiary/aromatic N) is 1. The largest absolute Gasteiger partial charge is 0.480 e. The zero-order chi connectivity index (χ0) is 20.9. The van der Waals surface area contributed by atoms with Gasteiger partial charge >= 0.3 is 0 Å². The third kappa shape index (κ3) is 5.31. The Hall–Kier alpha value is -1.49. The molecule has 0 bridgehead atoms. The summed E-state index contributed by atoms with van der Waals surface area (Å²) in [7, 11) is 0. The van der Waals surface area contributed by atoms with Gasteiger partial charge in [-0.2, -0.15) is 0 Å². The smallest absolute Gasteiger partial charge is 0.266 e. The Labute approximate surface area is 174 Å². The molecule has 4 nitrogen and oxygen atoms in total. The molecule has 0 spiro atoms. The molecular formula is C23H36N2O2S. The van der Waals surface area contributed by atoms with Gasteiger partial charge < -0.3 is 10.1 Å². The van der Waals surface area contributed by atoms with Crippen LogP contribution in [-0.4, -0.2) is 29.5 Å². The standard InChI is InChI=1S/C23H36N2O2S/c1-8-18(20(26)25-21-24-13-14-28-21)27-19-12-11-16(22(4,5)9-2)15-17(19)23(6,7)10-3/h11-12,15,18H,8-10,13-14H2,1-7H3,(H,24,25,26). The van der Waals surface area contributed by atoms with Gasteiger partial charge in [0.2, 0.25) is 0 Å². The van der Waals surface area contributed by atoms with Crippen molar-refractivity contribution in [2.75, 3.05) is 12.3 Å². The number of nitrogens with one attached hydrogen (secondary N) is 1. The van der Waals surface area contributed by atoms with E-state index in [0.717, 1.165) is 30.9 Å². The van der Waals surface area contributed by atoms with Crippen molar-refractivity contribution in [3.63, 3.8) is 0 Å². The summed E-state index contributed by atoms with van der Waals surface area (Å²) in [6.45, 7) is 16.2. The van der Waals surface area contributed by atoms with Gasteiger partial charge in [-0.25, -0.2) is 0 Å². The third-order valence-electron chi connectivity index (χ3n) is 6.01. The molecule has 156 valence electrons. The molecule has 1 unspecified atom stereocenters. The highest BCUT2D eigenvalue weighted by atomic mass is 32.2.